The second kappa shape index (κ2) is 4.41. The van der Waals surface area contributed by atoms with Gasteiger partial charge in [-0.1, -0.05) is 18.2 Å². The molecule has 5 heteroatoms. The molecule has 1 unspecified atom stereocenters. The summed E-state index contributed by atoms with van der Waals surface area (Å²) in [5.74, 6) is -0.181. The topological polar surface area (TPSA) is 43.8 Å². The molecule has 1 aromatic heterocycles. The number of carbonyl (C=O) groups is 1. The molecule has 0 saturated heterocycles. The smallest absolute Gasteiger partial charge is 0.271 e. The van der Waals surface area contributed by atoms with E-state index in [1.54, 1.807) is 25.2 Å². The van der Waals surface area contributed by atoms with Gasteiger partial charge in [0, 0.05) is 30.1 Å². The summed E-state index contributed by atoms with van der Waals surface area (Å²) >= 11 is 1.50. The summed E-state index contributed by atoms with van der Waals surface area (Å²) in [4.78, 5) is 14.4. The zero-order valence-electron chi connectivity index (χ0n) is 11.6. The first kappa shape index (κ1) is 13.3. The number of rotatable bonds is 2. The summed E-state index contributed by atoms with van der Waals surface area (Å²) in [6.07, 6.45) is 0. The van der Waals surface area contributed by atoms with Crippen LogP contribution in [0.1, 0.15) is 25.7 Å². The van der Waals surface area contributed by atoms with Gasteiger partial charge in [-0.3, -0.25) is 4.79 Å². The Bertz CT molecular complexity index is 680. The number of aliphatic hydroxyl groups is 1. The molecule has 0 radical (unpaired) electrons. The molecule has 0 spiro atoms. The molecule has 1 N–H and O–H groups in total. The van der Waals surface area contributed by atoms with Gasteiger partial charge in [-0.15, -0.1) is 11.3 Å². The first-order valence-electron chi connectivity index (χ1n) is 6.37. The minimum Gasteiger partial charge on any atom is -0.361 e. The molecule has 0 saturated carbocycles. The van der Waals surface area contributed by atoms with Crippen LogP contribution in [0.3, 0.4) is 0 Å². The number of hydrogen-bond donors (Lipinski definition) is 1. The maximum atomic E-state index is 12.6. The summed E-state index contributed by atoms with van der Waals surface area (Å²) in [5.41, 5.74) is -0.230. The predicted octanol–water partition coefficient (Wildman–Crippen LogP) is 2.18. The van der Waals surface area contributed by atoms with Gasteiger partial charge < -0.3 is 5.11 Å². The number of benzene rings is 1. The number of amides is 1. The Morgan fingerprint density at radius 2 is 1.90 bits per heavy atom. The van der Waals surface area contributed by atoms with Crippen molar-refractivity contribution in [3.8, 4) is 0 Å². The molecule has 2 aromatic rings. The molecule has 1 amide bonds. The Morgan fingerprint density at radius 3 is 2.50 bits per heavy atom. The SMILES string of the molecule is Cc1ccc(C2(O)c3ccccc3C(=O)N2N(C)C)s1. The third-order valence-corrected chi connectivity index (χ3v) is 4.61. The number of aryl methyl sites for hydroxylation is 1. The van der Waals surface area contributed by atoms with Gasteiger partial charge in [0.05, 0.1) is 4.88 Å². The van der Waals surface area contributed by atoms with Crippen LogP contribution in [0.5, 0.6) is 0 Å². The highest BCUT2D eigenvalue weighted by molar-refractivity contribution is 7.12. The van der Waals surface area contributed by atoms with E-state index in [1.165, 1.54) is 16.3 Å². The van der Waals surface area contributed by atoms with Crippen molar-refractivity contribution in [2.45, 2.75) is 12.6 Å². The van der Waals surface area contributed by atoms with Gasteiger partial charge >= 0.3 is 0 Å². The van der Waals surface area contributed by atoms with Gasteiger partial charge in [0.1, 0.15) is 0 Å². The minimum absolute atomic E-state index is 0.181. The highest BCUT2D eigenvalue weighted by Crippen LogP contribution is 2.44. The van der Waals surface area contributed by atoms with Crippen LogP contribution >= 0.6 is 11.3 Å². The first-order chi connectivity index (χ1) is 9.46. The van der Waals surface area contributed by atoms with Crippen molar-refractivity contribution in [3.63, 3.8) is 0 Å². The highest BCUT2D eigenvalue weighted by atomic mass is 32.1. The Labute approximate surface area is 121 Å². The van der Waals surface area contributed by atoms with Crippen LogP contribution < -0.4 is 0 Å². The van der Waals surface area contributed by atoms with E-state index in [0.29, 0.717) is 11.1 Å². The molecule has 1 aliphatic heterocycles. The summed E-state index contributed by atoms with van der Waals surface area (Å²) in [6.45, 7) is 1.99. The summed E-state index contributed by atoms with van der Waals surface area (Å²) in [6, 6.07) is 11.1. The van der Waals surface area contributed by atoms with Crippen molar-refractivity contribution < 1.29 is 9.90 Å². The molecule has 1 aromatic carbocycles. The average molecular weight is 288 g/mol. The predicted molar refractivity (Wildman–Crippen MR) is 78.4 cm³/mol. The van der Waals surface area contributed by atoms with Crippen LogP contribution in [-0.2, 0) is 5.72 Å². The van der Waals surface area contributed by atoms with Crippen LogP contribution in [0.15, 0.2) is 36.4 Å². The number of carbonyl (C=O) groups excluding carboxylic acids is 1. The lowest BCUT2D eigenvalue weighted by Crippen LogP contribution is -2.51. The average Bonchev–Trinajstić information content (AvgIpc) is 2.93. The normalized spacial score (nSPS) is 21.6. The monoisotopic (exact) mass is 288 g/mol. The summed E-state index contributed by atoms with van der Waals surface area (Å²) in [5, 5.41) is 14.3. The third-order valence-electron chi connectivity index (χ3n) is 3.52. The molecule has 1 atom stereocenters. The largest absolute Gasteiger partial charge is 0.361 e. The molecule has 3 rings (SSSR count). The second-order valence-corrected chi connectivity index (χ2v) is 6.38. The van der Waals surface area contributed by atoms with Gasteiger partial charge in [-0.2, -0.15) is 0 Å². The van der Waals surface area contributed by atoms with Crippen LogP contribution in [0.2, 0.25) is 0 Å². The number of hydrazine groups is 1. The van der Waals surface area contributed by atoms with Gasteiger partial charge in [-0.05, 0) is 25.1 Å². The quantitative estimate of drug-likeness (QED) is 0.921. The molecule has 104 valence electrons. The first-order valence-corrected chi connectivity index (χ1v) is 7.18. The third kappa shape index (κ3) is 1.64. The molecule has 0 aliphatic carbocycles. The van der Waals surface area contributed by atoms with Gasteiger partial charge in [0.15, 0.2) is 0 Å². The van der Waals surface area contributed by atoms with Crippen molar-refractivity contribution in [2.24, 2.45) is 0 Å². The summed E-state index contributed by atoms with van der Waals surface area (Å²) in [7, 11) is 3.52. The highest BCUT2D eigenvalue weighted by Gasteiger charge is 2.51. The zero-order valence-corrected chi connectivity index (χ0v) is 12.4. The van der Waals surface area contributed by atoms with E-state index in [2.05, 4.69) is 0 Å². The standard InChI is InChI=1S/C15H16N2O2S/c1-10-8-9-13(20-10)15(19)12-7-5-4-6-11(12)14(18)17(15)16(2)3/h4-9,19H,1-3H3. The van der Waals surface area contributed by atoms with Gasteiger partial charge in [-0.25, -0.2) is 10.0 Å². The maximum Gasteiger partial charge on any atom is 0.271 e. The molecule has 1 aliphatic rings. The van der Waals surface area contributed by atoms with E-state index in [0.717, 1.165) is 9.75 Å². The fourth-order valence-corrected chi connectivity index (χ4v) is 3.64. The Hall–Kier alpha value is -1.69. The second-order valence-electron chi connectivity index (χ2n) is 5.09. The van der Waals surface area contributed by atoms with Crippen LogP contribution in [0.4, 0.5) is 0 Å². The van der Waals surface area contributed by atoms with Gasteiger partial charge in [0.2, 0.25) is 5.72 Å². The summed E-state index contributed by atoms with van der Waals surface area (Å²) < 4.78 is 0. The molecule has 20 heavy (non-hydrogen) atoms. The molecule has 0 bridgehead atoms. The minimum atomic E-state index is -1.42. The molecule has 0 fully saturated rings. The molecule has 2 heterocycles. The molecule has 4 nitrogen and oxygen atoms in total. The lowest BCUT2D eigenvalue weighted by Gasteiger charge is -2.37. The van der Waals surface area contributed by atoms with E-state index in [1.807, 2.05) is 37.3 Å². The van der Waals surface area contributed by atoms with E-state index in [4.69, 9.17) is 0 Å². The maximum absolute atomic E-state index is 12.6. The number of fused-ring (bicyclic) bond motifs is 1. The lowest BCUT2D eigenvalue weighted by atomic mass is 10.0. The van der Waals surface area contributed by atoms with E-state index < -0.39 is 5.72 Å². The number of thiophene rings is 1. The van der Waals surface area contributed by atoms with Crippen LogP contribution in [0, 0.1) is 6.92 Å². The Balaban J connectivity index is 2.27. The molecular weight excluding hydrogens is 272 g/mol. The lowest BCUT2D eigenvalue weighted by molar-refractivity contribution is -0.134. The van der Waals surface area contributed by atoms with Crippen molar-refractivity contribution in [1.29, 1.82) is 0 Å². The van der Waals surface area contributed by atoms with E-state index in [-0.39, 0.29) is 5.91 Å². The fraction of sp³-hybridized carbons (Fsp3) is 0.267. The van der Waals surface area contributed by atoms with Crippen molar-refractivity contribution in [1.82, 2.24) is 10.0 Å². The number of hydrogen-bond acceptors (Lipinski definition) is 4. The molecular formula is C15H16N2O2S. The Kier molecular flexibility index (Phi) is 2.93. The van der Waals surface area contributed by atoms with Crippen molar-refractivity contribution in [2.75, 3.05) is 14.1 Å². The zero-order chi connectivity index (χ0) is 14.5. The number of nitrogens with zero attached hydrogens (tertiary/aromatic N) is 2. The van der Waals surface area contributed by atoms with E-state index in [9.17, 15) is 9.90 Å². The van der Waals surface area contributed by atoms with Crippen LogP contribution in [0.25, 0.3) is 0 Å². The van der Waals surface area contributed by atoms with Gasteiger partial charge in [0.25, 0.3) is 5.91 Å². The van der Waals surface area contributed by atoms with Crippen molar-refractivity contribution >= 4 is 17.2 Å². The van der Waals surface area contributed by atoms with Crippen molar-refractivity contribution in [3.05, 3.63) is 57.3 Å². The van der Waals surface area contributed by atoms with E-state index >= 15 is 0 Å². The fourth-order valence-electron chi connectivity index (χ4n) is 2.68. The van der Waals surface area contributed by atoms with Crippen LogP contribution in [-0.4, -0.2) is 35.1 Å². The Morgan fingerprint density at radius 1 is 1.20 bits per heavy atom.